The molecule has 1 aliphatic rings. The predicted molar refractivity (Wildman–Crippen MR) is 92.6 cm³/mol. The number of halogens is 4. The minimum atomic E-state index is -4.90. The number of benzene rings is 2. The number of para-hydroxylation sites is 2. The molecular formula is C18H10ClF3N2O3. The first kappa shape index (κ1) is 17.4. The number of fused-ring (bicyclic) bond motifs is 2. The Balaban J connectivity index is 1.93. The third-order valence-corrected chi connectivity index (χ3v) is 4.32. The first-order chi connectivity index (χ1) is 12.7. The molecule has 3 aromatic rings. The van der Waals surface area contributed by atoms with E-state index in [0.29, 0.717) is 11.0 Å². The van der Waals surface area contributed by atoms with E-state index in [1.54, 1.807) is 24.3 Å². The van der Waals surface area contributed by atoms with Crippen LogP contribution in [0, 0.1) is 0 Å². The monoisotopic (exact) mass is 394 g/mol. The van der Waals surface area contributed by atoms with Crippen molar-refractivity contribution in [3.8, 4) is 17.1 Å². The number of ether oxygens (including phenoxy) is 1. The number of hydrogen-bond donors (Lipinski definition) is 2. The summed E-state index contributed by atoms with van der Waals surface area (Å²) in [7, 11) is 0. The van der Waals surface area contributed by atoms with Gasteiger partial charge in [0.2, 0.25) is 6.10 Å². The maximum Gasteiger partial charge on any atom is 0.430 e. The highest BCUT2D eigenvalue weighted by Crippen LogP contribution is 2.43. The van der Waals surface area contributed by atoms with Crippen LogP contribution in [0.3, 0.4) is 0 Å². The molecule has 1 aliphatic heterocycles. The fourth-order valence-corrected chi connectivity index (χ4v) is 3.18. The molecule has 0 bridgehead atoms. The van der Waals surface area contributed by atoms with Gasteiger partial charge in [-0.3, -0.25) is 0 Å². The number of aromatic amines is 1. The first-order valence-electron chi connectivity index (χ1n) is 7.71. The second-order valence-corrected chi connectivity index (χ2v) is 6.36. The normalized spacial score (nSPS) is 16.6. The second kappa shape index (κ2) is 6.02. The zero-order valence-corrected chi connectivity index (χ0v) is 14.1. The molecule has 0 unspecified atom stereocenters. The van der Waals surface area contributed by atoms with Crippen LogP contribution in [0.1, 0.15) is 5.56 Å². The lowest BCUT2D eigenvalue weighted by Gasteiger charge is -2.28. The molecule has 4 rings (SSSR count). The largest absolute Gasteiger partial charge is 0.478 e. The van der Waals surface area contributed by atoms with Crippen molar-refractivity contribution < 1.29 is 27.8 Å². The zero-order chi connectivity index (χ0) is 19.3. The molecule has 2 aromatic carbocycles. The Morgan fingerprint density at radius 2 is 2.00 bits per heavy atom. The number of aromatic nitrogens is 2. The summed E-state index contributed by atoms with van der Waals surface area (Å²) in [6.45, 7) is 0. The third kappa shape index (κ3) is 3.02. The number of carboxylic acid groups (broad SMARTS) is 1. The topological polar surface area (TPSA) is 75.2 Å². The summed E-state index contributed by atoms with van der Waals surface area (Å²) in [5.74, 6) is -1.58. The van der Waals surface area contributed by atoms with Crippen molar-refractivity contribution in [3.63, 3.8) is 0 Å². The number of nitrogens with one attached hydrogen (secondary N) is 1. The van der Waals surface area contributed by atoms with E-state index < -0.39 is 23.8 Å². The highest BCUT2D eigenvalue weighted by molar-refractivity contribution is 6.31. The van der Waals surface area contributed by atoms with Gasteiger partial charge in [0.25, 0.3) is 0 Å². The summed E-state index contributed by atoms with van der Waals surface area (Å²) >= 11 is 6.09. The van der Waals surface area contributed by atoms with Gasteiger partial charge in [0.1, 0.15) is 11.6 Å². The lowest BCUT2D eigenvalue weighted by atomic mass is 9.98. The van der Waals surface area contributed by atoms with E-state index in [0.717, 1.165) is 6.08 Å². The van der Waals surface area contributed by atoms with Crippen LogP contribution in [0.2, 0.25) is 5.02 Å². The van der Waals surface area contributed by atoms with Crippen molar-refractivity contribution in [1.29, 1.82) is 0 Å². The summed E-state index contributed by atoms with van der Waals surface area (Å²) in [6, 6.07) is 9.84. The van der Waals surface area contributed by atoms with E-state index in [2.05, 4.69) is 9.97 Å². The third-order valence-electron chi connectivity index (χ3n) is 4.10. The smallest absolute Gasteiger partial charge is 0.430 e. The molecule has 0 radical (unpaired) electrons. The van der Waals surface area contributed by atoms with E-state index in [1.807, 2.05) is 0 Å². The number of aliphatic carboxylic acids is 1. The van der Waals surface area contributed by atoms with Gasteiger partial charge >= 0.3 is 12.1 Å². The summed E-state index contributed by atoms with van der Waals surface area (Å²) in [4.78, 5) is 18.6. The van der Waals surface area contributed by atoms with Crippen molar-refractivity contribution in [3.05, 3.63) is 52.6 Å². The van der Waals surface area contributed by atoms with Gasteiger partial charge in [-0.1, -0.05) is 23.7 Å². The van der Waals surface area contributed by atoms with Gasteiger partial charge in [-0.05, 0) is 30.3 Å². The van der Waals surface area contributed by atoms with Crippen LogP contribution < -0.4 is 4.74 Å². The molecule has 5 nitrogen and oxygen atoms in total. The van der Waals surface area contributed by atoms with Crippen LogP contribution in [-0.4, -0.2) is 33.3 Å². The molecule has 1 atom stereocenters. The number of alkyl halides is 3. The molecule has 2 heterocycles. The number of carbonyl (C=O) groups is 1. The Morgan fingerprint density at radius 3 is 2.67 bits per heavy atom. The van der Waals surface area contributed by atoms with Gasteiger partial charge in [0, 0.05) is 10.6 Å². The first-order valence-corrected chi connectivity index (χ1v) is 8.09. The predicted octanol–water partition coefficient (Wildman–Crippen LogP) is 4.67. The SMILES string of the molecule is O=C(O)C1=Cc2cc(Cl)cc(-c3nc4ccccc4[nH]3)c2O[C@@H]1C(F)(F)F. The molecule has 0 saturated heterocycles. The molecule has 2 N–H and O–H groups in total. The standard InChI is InChI=1S/C18H10ClF3N2O3/c19-9-5-8-6-11(17(25)26)15(18(20,21)22)27-14(8)10(7-9)16-23-12-3-1-2-4-13(12)24-16/h1-7,15H,(H,23,24)(H,25,26)/t15-/m0/s1. The maximum atomic E-state index is 13.3. The molecule has 9 heteroatoms. The highest BCUT2D eigenvalue weighted by atomic mass is 35.5. The molecule has 1 aromatic heterocycles. The van der Waals surface area contributed by atoms with Gasteiger partial charge in [-0.2, -0.15) is 13.2 Å². The van der Waals surface area contributed by atoms with Crippen molar-refractivity contribution in [1.82, 2.24) is 9.97 Å². The number of nitrogens with zero attached hydrogens (tertiary/aromatic N) is 1. The minimum Gasteiger partial charge on any atom is -0.478 e. The van der Waals surface area contributed by atoms with Gasteiger partial charge < -0.3 is 14.8 Å². The average Bonchev–Trinajstić information content (AvgIpc) is 3.02. The zero-order valence-electron chi connectivity index (χ0n) is 13.3. The quantitative estimate of drug-likeness (QED) is 0.662. The van der Waals surface area contributed by atoms with Crippen LogP contribution in [0.5, 0.6) is 5.75 Å². The molecule has 0 amide bonds. The van der Waals surface area contributed by atoms with Gasteiger partial charge in [0.05, 0.1) is 22.2 Å². The Morgan fingerprint density at radius 1 is 1.26 bits per heavy atom. The molecule has 0 fully saturated rings. The van der Waals surface area contributed by atoms with Crippen LogP contribution in [0.4, 0.5) is 13.2 Å². The summed E-state index contributed by atoms with van der Waals surface area (Å²) in [5, 5.41) is 9.36. The number of hydrogen-bond acceptors (Lipinski definition) is 3. The van der Waals surface area contributed by atoms with Crippen LogP contribution in [-0.2, 0) is 4.79 Å². The number of imidazole rings is 1. The van der Waals surface area contributed by atoms with E-state index >= 15 is 0 Å². The van der Waals surface area contributed by atoms with Crippen molar-refractivity contribution >= 4 is 34.7 Å². The Hall–Kier alpha value is -3.00. The van der Waals surface area contributed by atoms with Gasteiger partial charge in [-0.15, -0.1) is 0 Å². The highest BCUT2D eigenvalue weighted by Gasteiger charge is 2.49. The van der Waals surface area contributed by atoms with Crippen LogP contribution >= 0.6 is 11.6 Å². The summed E-state index contributed by atoms with van der Waals surface area (Å²) in [5.41, 5.74) is 0.740. The van der Waals surface area contributed by atoms with Gasteiger partial charge in [0.15, 0.2) is 0 Å². The molecule has 138 valence electrons. The molecule has 0 spiro atoms. The second-order valence-electron chi connectivity index (χ2n) is 5.92. The lowest BCUT2D eigenvalue weighted by molar-refractivity contribution is -0.187. The Labute approximate surface area is 155 Å². The van der Waals surface area contributed by atoms with Crippen molar-refractivity contribution in [2.75, 3.05) is 0 Å². The minimum absolute atomic E-state index is 0.134. The molecule has 0 saturated carbocycles. The van der Waals surface area contributed by atoms with E-state index in [9.17, 15) is 18.0 Å². The summed E-state index contributed by atoms with van der Waals surface area (Å²) < 4.78 is 45.2. The van der Waals surface area contributed by atoms with Crippen LogP contribution in [0.15, 0.2) is 42.0 Å². The molecular weight excluding hydrogens is 385 g/mol. The average molecular weight is 395 g/mol. The molecule has 27 heavy (non-hydrogen) atoms. The maximum absolute atomic E-state index is 13.3. The van der Waals surface area contributed by atoms with E-state index in [1.165, 1.54) is 12.1 Å². The fraction of sp³-hybridized carbons (Fsp3) is 0.111. The number of carboxylic acids is 1. The van der Waals surface area contributed by atoms with E-state index in [4.69, 9.17) is 21.4 Å². The van der Waals surface area contributed by atoms with Crippen LogP contribution in [0.25, 0.3) is 28.5 Å². The summed E-state index contributed by atoms with van der Waals surface area (Å²) in [6.07, 6.45) is -6.56. The Bertz CT molecular complexity index is 1070. The molecule has 0 aliphatic carbocycles. The van der Waals surface area contributed by atoms with Crippen molar-refractivity contribution in [2.45, 2.75) is 12.3 Å². The van der Waals surface area contributed by atoms with Crippen molar-refractivity contribution in [2.24, 2.45) is 0 Å². The number of rotatable bonds is 2. The van der Waals surface area contributed by atoms with Gasteiger partial charge in [-0.25, -0.2) is 9.78 Å². The lowest BCUT2D eigenvalue weighted by Crippen LogP contribution is -2.40. The number of H-pyrrole nitrogens is 1. The fourth-order valence-electron chi connectivity index (χ4n) is 2.95. The Kier molecular flexibility index (Phi) is 3.88. The van der Waals surface area contributed by atoms with E-state index in [-0.39, 0.29) is 27.7 Å².